The summed E-state index contributed by atoms with van der Waals surface area (Å²) in [4.78, 5) is 12.8. The van der Waals surface area contributed by atoms with Crippen molar-refractivity contribution in [2.75, 3.05) is 6.61 Å². The van der Waals surface area contributed by atoms with E-state index in [1.165, 1.54) is 18.2 Å². The summed E-state index contributed by atoms with van der Waals surface area (Å²) >= 11 is 0. The Morgan fingerprint density at radius 3 is 2.32 bits per heavy atom. The number of esters is 1. The Morgan fingerprint density at radius 1 is 0.903 bits per heavy atom. The predicted octanol–water partition coefficient (Wildman–Crippen LogP) is 4.83. The van der Waals surface area contributed by atoms with Crippen molar-refractivity contribution in [3.05, 3.63) is 89.0 Å². The molecule has 0 spiro atoms. The standard InChI is InChI=1S/C24H24O6S/c1-4-28-21-11-7-5-9-19(21)16-29-24(25)20-10-6-8-12-22(20)30-31(26,27)23-15-17(2)13-14-18(23)3/h5-15H,4,16H2,1-3H3. The smallest absolute Gasteiger partial charge is 0.342 e. The fourth-order valence-electron chi connectivity index (χ4n) is 2.99. The molecule has 7 heteroatoms. The molecule has 0 heterocycles. The van der Waals surface area contributed by atoms with Crippen molar-refractivity contribution in [2.24, 2.45) is 0 Å². The van der Waals surface area contributed by atoms with Gasteiger partial charge < -0.3 is 13.7 Å². The van der Waals surface area contributed by atoms with Gasteiger partial charge in [-0.05, 0) is 56.2 Å². The van der Waals surface area contributed by atoms with Crippen LogP contribution >= 0.6 is 0 Å². The van der Waals surface area contributed by atoms with E-state index in [1.807, 2.05) is 25.1 Å². The van der Waals surface area contributed by atoms with Gasteiger partial charge in [0.2, 0.25) is 0 Å². The highest BCUT2D eigenvalue weighted by Gasteiger charge is 2.23. The largest absolute Gasteiger partial charge is 0.493 e. The molecule has 0 radical (unpaired) electrons. The normalized spacial score (nSPS) is 11.1. The van der Waals surface area contributed by atoms with Crippen molar-refractivity contribution in [3.8, 4) is 11.5 Å². The van der Waals surface area contributed by atoms with Gasteiger partial charge in [-0.3, -0.25) is 0 Å². The summed E-state index contributed by atoms with van der Waals surface area (Å²) < 4.78 is 42.0. The first kappa shape index (κ1) is 22.4. The van der Waals surface area contributed by atoms with Crippen molar-refractivity contribution < 1.29 is 26.9 Å². The van der Waals surface area contributed by atoms with Gasteiger partial charge in [0.1, 0.15) is 22.8 Å². The van der Waals surface area contributed by atoms with Crippen LogP contribution in [0.5, 0.6) is 11.5 Å². The zero-order valence-corrected chi connectivity index (χ0v) is 18.4. The number of para-hydroxylation sites is 2. The molecule has 3 aromatic carbocycles. The van der Waals surface area contributed by atoms with Crippen LogP contribution in [0.2, 0.25) is 0 Å². The molecular formula is C24H24O6S. The number of benzene rings is 3. The van der Waals surface area contributed by atoms with E-state index in [4.69, 9.17) is 13.7 Å². The lowest BCUT2D eigenvalue weighted by atomic mass is 10.2. The third-order valence-electron chi connectivity index (χ3n) is 4.55. The molecule has 0 saturated heterocycles. The highest BCUT2D eigenvalue weighted by molar-refractivity contribution is 7.87. The molecule has 6 nitrogen and oxygen atoms in total. The highest BCUT2D eigenvalue weighted by atomic mass is 32.2. The first-order valence-corrected chi connectivity index (χ1v) is 11.2. The number of aryl methyl sites for hydroxylation is 2. The van der Waals surface area contributed by atoms with Gasteiger partial charge in [0.15, 0.2) is 5.75 Å². The lowest BCUT2D eigenvalue weighted by Crippen LogP contribution is -2.15. The molecule has 0 N–H and O–H groups in total. The Bertz CT molecular complexity index is 1180. The maximum absolute atomic E-state index is 12.9. The molecule has 0 aliphatic heterocycles. The van der Waals surface area contributed by atoms with E-state index in [9.17, 15) is 13.2 Å². The maximum Gasteiger partial charge on any atom is 0.342 e. The van der Waals surface area contributed by atoms with Crippen LogP contribution in [0.1, 0.15) is 34.0 Å². The minimum Gasteiger partial charge on any atom is -0.493 e. The van der Waals surface area contributed by atoms with Crippen LogP contribution < -0.4 is 8.92 Å². The molecule has 0 fully saturated rings. The van der Waals surface area contributed by atoms with Crippen molar-refractivity contribution in [1.29, 1.82) is 0 Å². The number of hydrogen-bond donors (Lipinski definition) is 0. The molecule has 3 aromatic rings. The van der Waals surface area contributed by atoms with Crippen LogP contribution in [0.3, 0.4) is 0 Å². The van der Waals surface area contributed by atoms with Gasteiger partial charge >= 0.3 is 16.1 Å². The van der Waals surface area contributed by atoms with Crippen LogP contribution in [0.15, 0.2) is 71.6 Å². The Kier molecular flexibility index (Phi) is 6.97. The summed E-state index contributed by atoms with van der Waals surface area (Å²) in [6.07, 6.45) is 0. The third kappa shape index (κ3) is 5.44. The van der Waals surface area contributed by atoms with E-state index in [1.54, 1.807) is 44.2 Å². The summed E-state index contributed by atoms with van der Waals surface area (Å²) in [5.41, 5.74) is 2.07. The first-order chi connectivity index (χ1) is 14.8. The van der Waals surface area contributed by atoms with Gasteiger partial charge in [-0.25, -0.2) is 4.79 Å². The molecule has 0 aliphatic rings. The van der Waals surface area contributed by atoms with Crippen LogP contribution in [0, 0.1) is 13.8 Å². The second-order valence-electron chi connectivity index (χ2n) is 6.92. The molecule has 0 amide bonds. The van der Waals surface area contributed by atoms with E-state index in [2.05, 4.69) is 0 Å². The second-order valence-corrected chi connectivity index (χ2v) is 8.43. The Labute approximate surface area is 182 Å². The molecule has 0 bridgehead atoms. The third-order valence-corrected chi connectivity index (χ3v) is 5.93. The van der Waals surface area contributed by atoms with Gasteiger partial charge in [0.25, 0.3) is 0 Å². The average Bonchev–Trinajstić information content (AvgIpc) is 2.75. The summed E-state index contributed by atoms with van der Waals surface area (Å²) in [6.45, 7) is 5.81. The molecule has 3 rings (SSSR count). The topological polar surface area (TPSA) is 78.9 Å². The Balaban J connectivity index is 1.82. The predicted molar refractivity (Wildman–Crippen MR) is 117 cm³/mol. The zero-order chi connectivity index (χ0) is 22.4. The molecule has 0 atom stereocenters. The molecule has 0 aliphatic carbocycles. The van der Waals surface area contributed by atoms with Gasteiger partial charge in [-0.15, -0.1) is 0 Å². The molecule has 0 saturated carbocycles. The number of carbonyl (C=O) groups excluding carboxylic acids is 1. The summed E-state index contributed by atoms with van der Waals surface area (Å²) in [5, 5.41) is 0. The first-order valence-electron chi connectivity index (χ1n) is 9.80. The van der Waals surface area contributed by atoms with Crippen LogP contribution in [0.4, 0.5) is 0 Å². The van der Waals surface area contributed by atoms with Crippen LogP contribution in [-0.4, -0.2) is 21.0 Å². The van der Waals surface area contributed by atoms with E-state index in [-0.39, 0.29) is 22.8 Å². The molecule has 31 heavy (non-hydrogen) atoms. The minimum absolute atomic E-state index is 0.0188. The summed E-state index contributed by atoms with van der Waals surface area (Å²) in [6, 6.07) is 18.4. The minimum atomic E-state index is -4.13. The van der Waals surface area contributed by atoms with Gasteiger partial charge in [0.05, 0.1) is 6.61 Å². The van der Waals surface area contributed by atoms with Crippen molar-refractivity contribution in [3.63, 3.8) is 0 Å². The second kappa shape index (κ2) is 9.66. The zero-order valence-electron chi connectivity index (χ0n) is 17.6. The average molecular weight is 441 g/mol. The fraction of sp³-hybridized carbons (Fsp3) is 0.208. The number of ether oxygens (including phenoxy) is 2. The van der Waals surface area contributed by atoms with E-state index in [0.29, 0.717) is 23.5 Å². The van der Waals surface area contributed by atoms with Crippen LogP contribution in [0.25, 0.3) is 0 Å². The summed E-state index contributed by atoms with van der Waals surface area (Å²) in [7, 11) is -4.13. The highest BCUT2D eigenvalue weighted by Crippen LogP contribution is 2.27. The quantitative estimate of drug-likeness (QED) is 0.369. The fourth-order valence-corrected chi connectivity index (χ4v) is 4.25. The Morgan fingerprint density at radius 2 is 1.58 bits per heavy atom. The van der Waals surface area contributed by atoms with Gasteiger partial charge in [0, 0.05) is 5.56 Å². The van der Waals surface area contributed by atoms with Gasteiger partial charge in [-0.2, -0.15) is 8.42 Å². The van der Waals surface area contributed by atoms with Crippen LogP contribution in [-0.2, 0) is 21.5 Å². The molecule has 0 aromatic heterocycles. The lowest BCUT2D eigenvalue weighted by Gasteiger charge is -2.14. The molecule has 0 unspecified atom stereocenters. The van der Waals surface area contributed by atoms with Crippen molar-refractivity contribution >= 4 is 16.1 Å². The summed E-state index contributed by atoms with van der Waals surface area (Å²) in [5.74, 6) is -0.163. The van der Waals surface area contributed by atoms with E-state index in [0.717, 1.165) is 5.56 Å². The number of rotatable bonds is 8. The number of hydrogen-bond acceptors (Lipinski definition) is 6. The molecular weight excluding hydrogens is 416 g/mol. The molecule has 162 valence electrons. The lowest BCUT2D eigenvalue weighted by molar-refractivity contribution is 0.0467. The van der Waals surface area contributed by atoms with Crippen molar-refractivity contribution in [1.82, 2.24) is 0 Å². The monoisotopic (exact) mass is 440 g/mol. The maximum atomic E-state index is 12.9. The number of carbonyl (C=O) groups is 1. The van der Waals surface area contributed by atoms with Gasteiger partial charge in [-0.1, -0.05) is 42.5 Å². The van der Waals surface area contributed by atoms with E-state index < -0.39 is 16.1 Å². The van der Waals surface area contributed by atoms with Crippen molar-refractivity contribution in [2.45, 2.75) is 32.3 Å². The Hall–Kier alpha value is -3.32. The SMILES string of the molecule is CCOc1ccccc1COC(=O)c1ccccc1OS(=O)(=O)c1cc(C)ccc1C. The van der Waals surface area contributed by atoms with E-state index >= 15 is 0 Å².